The van der Waals surface area contributed by atoms with Crippen LogP contribution in [0.4, 0.5) is 5.69 Å². The van der Waals surface area contributed by atoms with Crippen LogP contribution < -0.4 is 11.1 Å². The lowest BCUT2D eigenvalue weighted by Gasteiger charge is -2.19. The molecule has 3 heterocycles. The molecule has 0 saturated carbocycles. The van der Waals surface area contributed by atoms with Crippen molar-refractivity contribution in [3.05, 3.63) is 24.2 Å². The molecule has 2 aromatic rings. The van der Waals surface area contributed by atoms with Crippen LogP contribution >= 0.6 is 0 Å². The fraction of sp³-hybridized carbons (Fsp3) is 0.455. The van der Waals surface area contributed by atoms with Crippen molar-refractivity contribution in [2.45, 2.75) is 18.8 Å². The van der Waals surface area contributed by atoms with Crippen LogP contribution in [0, 0.1) is 0 Å². The van der Waals surface area contributed by atoms with Gasteiger partial charge >= 0.3 is 0 Å². The van der Waals surface area contributed by atoms with E-state index in [1.807, 2.05) is 18.3 Å². The summed E-state index contributed by atoms with van der Waals surface area (Å²) >= 11 is 0. The van der Waals surface area contributed by atoms with E-state index in [0.717, 1.165) is 37.4 Å². The van der Waals surface area contributed by atoms with Gasteiger partial charge in [0.25, 0.3) is 0 Å². The van der Waals surface area contributed by atoms with Gasteiger partial charge in [0, 0.05) is 12.1 Å². The predicted octanol–water partition coefficient (Wildman–Crippen LogP) is 0.778. The molecule has 0 aromatic carbocycles. The molecule has 0 amide bonds. The van der Waals surface area contributed by atoms with Gasteiger partial charge in [0.2, 0.25) is 0 Å². The molecule has 0 spiro atoms. The summed E-state index contributed by atoms with van der Waals surface area (Å²) < 4.78 is 1.77. The van der Waals surface area contributed by atoms with E-state index in [1.54, 1.807) is 4.52 Å². The smallest absolute Gasteiger partial charge is 0.178 e. The zero-order valence-electron chi connectivity index (χ0n) is 9.06. The lowest BCUT2D eigenvalue weighted by molar-refractivity contribution is 0.445. The number of hydrogen-bond donors (Lipinski definition) is 2. The van der Waals surface area contributed by atoms with Crippen LogP contribution in [-0.4, -0.2) is 27.7 Å². The Kier molecular flexibility index (Phi) is 2.25. The fourth-order valence-corrected chi connectivity index (χ4v) is 2.20. The second-order valence-electron chi connectivity index (χ2n) is 4.23. The maximum Gasteiger partial charge on any atom is 0.178 e. The molecule has 0 radical (unpaired) electrons. The average Bonchev–Trinajstić information content (AvgIpc) is 2.76. The Bertz CT molecular complexity index is 498. The summed E-state index contributed by atoms with van der Waals surface area (Å²) in [6.45, 7) is 2.10. The number of aromatic nitrogens is 3. The number of piperidine rings is 1. The van der Waals surface area contributed by atoms with Gasteiger partial charge in [-0.2, -0.15) is 5.10 Å². The molecule has 5 heteroatoms. The second kappa shape index (κ2) is 3.75. The summed E-state index contributed by atoms with van der Waals surface area (Å²) in [6, 6.07) is 3.75. The van der Waals surface area contributed by atoms with Gasteiger partial charge in [-0.05, 0) is 38.1 Å². The minimum Gasteiger partial charge on any atom is -0.396 e. The maximum absolute atomic E-state index is 5.86. The molecule has 3 N–H and O–H groups in total. The predicted molar refractivity (Wildman–Crippen MR) is 62.2 cm³/mol. The van der Waals surface area contributed by atoms with Crippen molar-refractivity contribution >= 4 is 11.3 Å². The van der Waals surface area contributed by atoms with Gasteiger partial charge in [-0.25, -0.2) is 9.50 Å². The standard InChI is InChI=1S/C11H15N5/c12-9-2-1-7-16-11(9)14-10(15-16)8-3-5-13-6-4-8/h1-2,7-8,13H,3-6,12H2. The quantitative estimate of drug-likeness (QED) is 0.740. The normalized spacial score (nSPS) is 18.0. The van der Waals surface area contributed by atoms with Gasteiger partial charge in [0.1, 0.15) is 0 Å². The van der Waals surface area contributed by atoms with E-state index in [2.05, 4.69) is 15.4 Å². The second-order valence-corrected chi connectivity index (χ2v) is 4.23. The summed E-state index contributed by atoms with van der Waals surface area (Å²) in [5, 5.41) is 7.84. The molecule has 1 aliphatic rings. The van der Waals surface area contributed by atoms with E-state index in [4.69, 9.17) is 5.73 Å². The minimum absolute atomic E-state index is 0.473. The van der Waals surface area contributed by atoms with Crippen molar-refractivity contribution in [2.24, 2.45) is 0 Å². The number of nitrogens with two attached hydrogens (primary N) is 1. The lowest BCUT2D eigenvalue weighted by atomic mass is 9.98. The highest BCUT2D eigenvalue weighted by Crippen LogP contribution is 2.23. The first-order chi connectivity index (χ1) is 7.84. The van der Waals surface area contributed by atoms with Gasteiger partial charge in [0.15, 0.2) is 11.5 Å². The summed E-state index contributed by atoms with van der Waals surface area (Å²) in [4.78, 5) is 4.54. The Morgan fingerprint density at radius 3 is 2.94 bits per heavy atom. The monoisotopic (exact) mass is 217 g/mol. The maximum atomic E-state index is 5.86. The van der Waals surface area contributed by atoms with Crippen LogP contribution in [-0.2, 0) is 0 Å². The highest BCUT2D eigenvalue weighted by atomic mass is 15.3. The Labute approximate surface area is 93.7 Å². The van der Waals surface area contributed by atoms with Crippen LogP contribution in [0.2, 0.25) is 0 Å². The van der Waals surface area contributed by atoms with Crippen LogP contribution in [0.3, 0.4) is 0 Å². The van der Waals surface area contributed by atoms with Crippen LogP contribution in [0.15, 0.2) is 18.3 Å². The molecule has 3 rings (SSSR count). The van der Waals surface area contributed by atoms with Gasteiger partial charge < -0.3 is 11.1 Å². The Balaban J connectivity index is 2.01. The van der Waals surface area contributed by atoms with Crippen molar-refractivity contribution in [1.82, 2.24) is 19.9 Å². The molecule has 5 nitrogen and oxygen atoms in total. The Hall–Kier alpha value is -1.62. The summed E-state index contributed by atoms with van der Waals surface area (Å²) in [6.07, 6.45) is 4.11. The Morgan fingerprint density at radius 1 is 1.38 bits per heavy atom. The first-order valence-corrected chi connectivity index (χ1v) is 5.66. The fourth-order valence-electron chi connectivity index (χ4n) is 2.20. The van der Waals surface area contributed by atoms with Gasteiger partial charge in [-0.1, -0.05) is 0 Å². The lowest BCUT2D eigenvalue weighted by Crippen LogP contribution is -2.27. The van der Waals surface area contributed by atoms with Crippen molar-refractivity contribution in [2.75, 3.05) is 18.8 Å². The molecule has 2 aromatic heterocycles. The number of fused-ring (bicyclic) bond motifs is 1. The van der Waals surface area contributed by atoms with Crippen molar-refractivity contribution in [3.8, 4) is 0 Å². The van der Waals surface area contributed by atoms with E-state index >= 15 is 0 Å². The number of anilines is 1. The largest absolute Gasteiger partial charge is 0.396 e. The topological polar surface area (TPSA) is 68.2 Å². The van der Waals surface area contributed by atoms with E-state index in [-0.39, 0.29) is 0 Å². The average molecular weight is 217 g/mol. The summed E-state index contributed by atoms with van der Waals surface area (Å²) in [5.41, 5.74) is 7.33. The van der Waals surface area contributed by atoms with Crippen molar-refractivity contribution in [1.29, 1.82) is 0 Å². The zero-order chi connectivity index (χ0) is 11.0. The van der Waals surface area contributed by atoms with Gasteiger partial charge in [0.05, 0.1) is 5.69 Å². The Morgan fingerprint density at radius 2 is 2.19 bits per heavy atom. The molecule has 0 atom stereocenters. The molecular formula is C11H15N5. The third kappa shape index (κ3) is 1.53. The van der Waals surface area contributed by atoms with Crippen LogP contribution in [0.5, 0.6) is 0 Å². The first kappa shape index (κ1) is 9.59. The number of hydrogen-bond acceptors (Lipinski definition) is 4. The minimum atomic E-state index is 0.473. The molecular weight excluding hydrogens is 202 g/mol. The number of nitrogens with one attached hydrogen (secondary N) is 1. The van der Waals surface area contributed by atoms with Crippen LogP contribution in [0.25, 0.3) is 5.65 Å². The van der Waals surface area contributed by atoms with E-state index in [1.165, 1.54) is 0 Å². The first-order valence-electron chi connectivity index (χ1n) is 5.66. The zero-order valence-corrected chi connectivity index (χ0v) is 9.06. The van der Waals surface area contributed by atoms with E-state index < -0.39 is 0 Å². The molecule has 84 valence electrons. The highest BCUT2D eigenvalue weighted by Gasteiger charge is 2.19. The van der Waals surface area contributed by atoms with Crippen LogP contribution in [0.1, 0.15) is 24.6 Å². The molecule has 0 bridgehead atoms. The number of rotatable bonds is 1. The third-order valence-corrected chi connectivity index (χ3v) is 3.11. The van der Waals surface area contributed by atoms with Crippen molar-refractivity contribution < 1.29 is 0 Å². The molecule has 0 unspecified atom stereocenters. The highest BCUT2D eigenvalue weighted by molar-refractivity contribution is 5.63. The van der Waals surface area contributed by atoms with E-state index in [0.29, 0.717) is 11.6 Å². The molecule has 1 saturated heterocycles. The van der Waals surface area contributed by atoms with Gasteiger partial charge in [-0.15, -0.1) is 0 Å². The molecule has 16 heavy (non-hydrogen) atoms. The number of nitrogens with zero attached hydrogens (tertiary/aromatic N) is 3. The van der Waals surface area contributed by atoms with Gasteiger partial charge in [-0.3, -0.25) is 0 Å². The molecule has 0 aliphatic carbocycles. The summed E-state index contributed by atoms with van der Waals surface area (Å²) in [7, 11) is 0. The van der Waals surface area contributed by atoms with Crippen molar-refractivity contribution in [3.63, 3.8) is 0 Å². The SMILES string of the molecule is Nc1cccn2nc(C3CCNCC3)nc12. The summed E-state index contributed by atoms with van der Waals surface area (Å²) in [5.74, 6) is 1.40. The van der Waals surface area contributed by atoms with E-state index in [9.17, 15) is 0 Å². The third-order valence-electron chi connectivity index (χ3n) is 3.11. The molecule has 1 aliphatic heterocycles. The molecule has 1 fully saturated rings. The number of nitrogen functional groups attached to an aromatic ring is 1. The number of pyridine rings is 1.